The number of ether oxygens (including phenoxy) is 1. The van der Waals surface area contributed by atoms with Crippen LogP contribution in [-0.4, -0.2) is 28.5 Å². The molecule has 0 bridgehead atoms. The zero-order valence-electron chi connectivity index (χ0n) is 20.8. The maximum atomic E-state index is 13.3. The Bertz CT molecular complexity index is 1230. The van der Waals surface area contributed by atoms with Crippen LogP contribution in [0.4, 0.5) is 21.8 Å². The summed E-state index contributed by atoms with van der Waals surface area (Å²) in [7, 11) is 0. The number of hydrogen-bond acceptors (Lipinski definition) is 7. The molecular formula is C27H32FN5O2. The molecule has 1 aliphatic rings. The minimum Gasteiger partial charge on any atom is -0.425 e. The van der Waals surface area contributed by atoms with Crippen LogP contribution < -0.4 is 20.7 Å². The number of hydrogen-bond donors (Lipinski definition) is 2. The van der Waals surface area contributed by atoms with Crippen molar-refractivity contribution < 1.29 is 13.9 Å². The topological polar surface area (TPSA) is 93.4 Å². The molecule has 4 rings (SSSR count). The predicted molar refractivity (Wildman–Crippen MR) is 136 cm³/mol. The Morgan fingerprint density at radius 2 is 1.89 bits per heavy atom. The van der Waals surface area contributed by atoms with E-state index in [-0.39, 0.29) is 17.8 Å². The van der Waals surface area contributed by atoms with Gasteiger partial charge in [-0.05, 0) is 80.6 Å². The van der Waals surface area contributed by atoms with Crippen LogP contribution in [-0.2, 0) is 11.2 Å². The Kier molecular flexibility index (Phi) is 7.03. The summed E-state index contributed by atoms with van der Waals surface area (Å²) in [5.74, 6) is 1.06. The van der Waals surface area contributed by atoms with Crippen molar-refractivity contribution in [2.24, 2.45) is 11.7 Å². The molecule has 8 heteroatoms. The molecule has 0 spiro atoms. The Morgan fingerprint density at radius 3 is 2.57 bits per heavy atom. The molecule has 35 heavy (non-hydrogen) atoms. The van der Waals surface area contributed by atoms with Gasteiger partial charge in [0.05, 0.1) is 6.04 Å². The van der Waals surface area contributed by atoms with E-state index in [1.165, 1.54) is 17.7 Å². The molecule has 7 nitrogen and oxygen atoms in total. The number of aromatic nitrogens is 2. The van der Waals surface area contributed by atoms with Crippen LogP contribution in [0.3, 0.4) is 0 Å². The van der Waals surface area contributed by atoms with E-state index in [1.54, 1.807) is 12.1 Å². The average molecular weight is 478 g/mol. The second-order valence-electron chi connectivity index (χ2n) is 9.38. The number of nitrogens with two attached hydrogens (primary N) is 1. The van der Waals surface area contributed by atoms with Crippen molar-refractivity contribution in [3.8, 4) is 5.75 Å². The van der Waals surface area contributed by atoms with E-state index in [4.69, 9.17) is 15.5 Å². The van der Waals surface area contributed by atoms with Gasteiger partial charge in [-0.1, -0.05) is 19.9 Å². The van der Waals surface area contributed by atoms with Gasteiger partial charge in [0.15, 0.2) is 0 Å². The fourth-order valence-corrected chi connectivity index (χ4v) is 4.21. The number of benzene rings is 2. The van der Waals surface area contributed by atoms with Gasteiger partial charge < -0.3 is 20.7 Å². The number of halogens is 1. The van der Waals surface area contributed by atoms with Gasteiger partial charge in [0, 0.05) is 23.5 Å². The zero-order chi connectivity index (χ0) is 25.3. The molecule has 2 atom stereocenters. The number of esters is 1. The molecule has 0 saturated carbocycles. The molecule has 1 aromatic heterocycles. The van der Waals surface area contributed by atoms with Crippen LogP contribution in [0.15, 0.2) is 42.5 Å². The third-order valence-corrected chi connectivity index (χ3v) is 6.60. The van der Waals surface area contributed by atoms with Gasteiger partial charge in [-0.25, -0.2) is 14.2 Å². The number of anilines is 3. The second-order valence-corrected chi connectivity index (χ2v) is 9.38. The summed E-state index contributed by atoms with van der Waals surface area (Å²) >= 11 is 0. The lowest BCUT2D eigenvalue weighted by Crippen LogP contribution is -2.38. The minimum absolute atomic E-state index is 0.00263. The van der Waals surface area contributed by atoms with Gasteiger partial charge >= 0.3 is 5.97 Å². The van der Waals surface area contributed by atoms with Crippen molar-refractivity contribution in [2.75, 3.05) is 16.8 Å². The summed E-state index contributed by atoms with van der Waals surface area (Å²) in [6.45, 7) is 10.7. The van der Waals surface area contributed by atoms with Crippen molar-refractivity contribution >= 4 is 23.4 Å². The summed E-state index contributed by atoms with van der Waals surface area (Å²) in [6.07, 6.45) is 0.836. The molecule has 2 aromatic carbocycles. The molecule has 0 amide bonds. The number of aryl methyl sites for hydroxylation is 1. The highest BCUT2D eigenvalue weighted by molar-refractivity contribution is 5.78. The van der Waals surface area contributed by atoms with Crippen LogP contribution in [0.5, 0.6) is 5.75 Å². The molecule has 0 aliphatic carbocycles. The van der Waals surface area contributed by atoms with Crippen LogP contribution >= 0.6 is 0 Å². The van der Waals surface area contributed by atoms with Crippen LogP contribution in [0.1, 0.15) is 49.2 Å². The molecule has 0 radical (unpaired) electrons. The first-order chi connectivity index (χ1) is 16.6. The quantitative estimate of drug-likeness (QED) is 0.382. The largest absolute Gasteiger partial charge is 0.425 e. The predicted octanol–water partition coefficient (Wildman–Crippen LogP) is 4.99. The van der Waals surface area contributed by atoms with E-state index in [9.17, 15) is 9.18 Å². The molecule has 2 unspecified atom stereocenters. The highest BCUT2D eigenvalue weighted by Crippen LogP contribution is 2.37. The monoisotopic (exact) mass is 477 g/mol. The van der Waals surface area contributed by atoms with Gasteiger partial charge in [-0.15, -0.1) is 0 Å². The van der Waals surface area contributed by atoms with E-state index in [2.05, 4.69) is 22.1 Å². The lowest BCUT2D eigenvalue weighted by atomic mass is 9.93. The van der Waals surface area contributed by atoms with E-state index >= 15 is 0 Å². The van der Waals surface area contributed by atoms with Crippen molar-refractivity contribution in [1.82, 2.24) is 9.97 Å². The van der Waals surface area contributed by atoms with E-state index in [0.717, 1.165) is 35.6 Å². The van der Waals surface area contributed by atoms with Gasteiger partial charge in [0.1, 0.15) is 23.4 Å². The number of fused-ring (bicyclic) bond motifs is 1. The highest BCUT2D eigenvalue weighted by atomic mass is 19.1. The van der Waals surface area contributed by atoms with Crippen LogP contribution in [0.25, 0.3) is 0 Å². The van der Waals surface area contributed by atoms with Gasteiger partial charge in [-0.2, -0.15) is 4.98 Å². The van der Waals surface area contributed by atoms with Gasteiger partial charge in [-0.3, -0.25) is 0 Å². The summed E-state index contributed by atoms with van der Waals surface area (Å²) in [5.41, 5.74) is 10.8. The molecule has 2 heterocycles. The maximum absolute atomic E-state index is 13.3. The number of nitrogens with one attached hydrogen (secondary N) is 1. The summed E-state index contributed by atoms with van der Waals surface area (Å²) in [6, 6.07) is 11.2. The maximum Gasteiger partial charge on any atom is 0.328 e. The summed E-state index contributed by atoms with van der Waals surface area (Å²) < 4.78 is 18.9. The Morgan fingerprint density at radius 1 is 1.17 bits per heavy atom. The Hall–Kier alpha value is -3.52. The zero-order valence-corrected chi connectivity index (χ0v) is 20.8. The number of carbonyl (C=O) groups excluding carboxylic acids is 1. The lowest BCUT2D eigenvalue weighted by molar-refractivity contribution is -0.136. The standard InChI is InChI=1S/C27H32FN5O2/c1-15(2)24(29)26(34)35-22-11-6-19-12-13-33(18(5)23(19)14-22)25-16(3)17(4)30-27(32-25)31-21-9-7-20(28)8-10-21/h6-11,14-15,18,24H,12-13,29H2,1-5H3,(H,30,31,32). The van der Waals surface area contributed by atoms with Crippen molar-refractivity contribution in [1.29, 1.82) is 0 Å². The van der Waals surface area contributed by atoms with Crippen molar-refractivity contribution in [2.45, 2.75) is 53.1 Å². The first-order valence-electron chi connectivity index (χ1n) is 11.9. The van der Waals surface area contributed by atoms with Crippen molar-refractivity contribution in [3.05, 3.63) is 70.7 Å². The van der Waals surface area contributed by atoms with Crippen LogP contribution in [0.2, 0.25) is 0 Å². The molecule has 3 aromatic rings. The molecule has 1 aliphatic heterocycles. The number of nitrogens with zero attached hydrogens (tertiary/aromatic N) is 3. The first kappa shape index (κ1) is 24.6. The third-order valence-electron chi connectivity index (χ3n) is 6.60. The number of carbonyl (C=O) groups is 1. The second kappa shape index (κ2) is 10.00. The van der Waals surface area contributed by atoms with Crippen molar-refractivity contribution in [3.63, 3.8) is 0 Å². The Labute approximate surface area is 205 Å². The third kappa shape index (κ3) is 5.27. The molecule has 0 saturated heterocycles. The highest BCUT2D eigenvalue weighted by Gasteiger charge is 2.28. The normalized spacial score (nSPS) is 16.1. The minimum atomic E-state index is -0.668. The lowest BCUT2D eigenvalue weighted by Gasteiger charge is -2.37. The van der Waals surface area contributed by atoms with Gasteiger partial charge in [0.25, 0.3) is 0 Å². The number of rotatable bonds is 6. The summed E-state index contributed by atoms with van der Waals surface area (Å²) in [4.78, 5) is 24.0. The first-order valence-corrected chi connectivity index (χ1v) is 11.9. The molecular weight excluding hydrogens is 445 g/mol. The smallest absolute Gasteiger partial charge is 0.328 e. The van der Waals surface area contributed by atoms with E-state index in [0.29, 0.717) is 17.4 Å². The SMILES string of the molecule is Cc1nc(Nc2ccc(F)cc2)nc(N2CCc3ccc(OC(=O)C(N)C(C)C)cc3C2C)c1C. The van der Waals surface area contributed by atoms with Gasteiger partial charge in [0.2, 0.25) is 5.95 Å². The summed E-state index contributed by atoms with van der Waals surface area (Å²) in [5, 5.41) is 3.18. The molecule has 184 valence electrons. The Balaban J connectivity index is 1.61. The fraction of sp³-hybridized carbons (Fsp3) is 0.370. The average Bonchev–Trinajstić information content (AvgIpc) is 2.83. The molecule has 3 N–H and O–H groups in total. The van der Waals surface area contributed by atoms with Crippen LogP contribution in [0, 0.1) is 25.6 Å². The van der Waals surface area contributed by atoms with E-state index in [1.807, 2.05) is 45.9 Å². The molecule has 0 fully saturated rings. The fourth-order valence-electron chi connectivity index (χ4n) is 4.21. The van der Waals surface area contributed by atoms with E-state index < -0.39 is 12.0 Å².